The quantitative estimate of drug-likeness (QED) is 0.302. The maximum atomic E-state index is 11.9. The van der Waals surface area contributed by atoms with Crippen LogP contribution in [-0.2, 0) is 19.6 Å². The van der Waals surface area contributed by atoms with E-state index in [1.165, 1.54) is 30.5 Å². The van der Waals surface area contributed by atoms with E-state index in [1.807, 2.05) is 6.07 Å². The van der Waals surface area contributed by atoms with E-state index in [9.17, 15) is 13.2 Å². The first-order valence-corrected chi connectivity index (χ1v) is 9.78. The first-order valence-electron chi connectivity index (χ1n) is 8.24. The molecular formula is C17H24N4O4S. The molecule has 1 amide bonds. The van der Waals surface area contributed by atoms with E-state index in [0.29, 0.717) is 31.9 Å². The third kappa shape index (κ3) is 8.11. The second-order valence-corrected chi connectivity index (χ2v) is 7.02. The molecule has 0 bridgehead atoms. The van der Waals surface area contributed by atoms with Gasteiger partial charge in [-0.25, -0.2) is 13.6 Å². The minimum Gasteiger partial charge on any atom is -0.381 e. The molecule has 1 aromatic rings. The maximum Gasteiger partial charge on any atom is 0.263 e. The Morgan fingerprint density at radius 1 is 1.27 bits per heavy atom. The van der Waals surface area contributed by atoms with Gasteiger partial charge in [0.15, 0.2) is 0 Å². The number of sulfonamides is 1. The molecule has 0 unspecified atom stereocenters. The average Bonchev–Trinajstić information content (AvgIpc) is 2.61. The molecule has 0 spiro atoms. The first-order chi connectivity index (χ1) is 12.4. The summed E-state index contributed by atoms with van der Waals surface area (Å²) < 4.78 is 27.8. The van der Waals surface area contributed by atoms with E-state index in [2.05, 4.69) is 17.6 Å². The standard InChI is InChI=1S/C17H24N4O4S/c1-2-3-10-25-11-4-9-20-17(22)14(12-18)13-21-15-5-7-16(8-6-15)26(19,23)24/h5-8,13,21H,2-4,9-11H2,1H3,(H,20,22)(H2,19,23,24)/b14-13-. The monoisotopic (exact) mass is 380 g/mol. The number of primary sulfonamides is 1. The third-order valence-electron chi connectivity index (χ3n) is 3.32. The van der Waals surface area contributed by atoms with Crippen molar-refractivity contribution >= 4 is 21.6 Å². The van der Waals surface area contributed by atoms with Crippen molar-refractivity contribution in [3.8, 4) is 6.07 Å². The number of hydrogen-bond acceptors (Lipinski definition) is 6. The van der Waals surface area contributed by atoms with Crippen LogP contribution in [0.1, 0.15) is 26.2 Å². The molecule has 142 valence electrons. The normalized spacial score (nSPS) is 11.7. The van der Waals surface area contributed by atoms with Crippen LogP contribution in [0.4, 0.5) is 5.69 Å². The van der Waals surface area contributed by atoms with Crippen molar-refractivity contribution in [1.29, 1.82) is 5.26 Å². The molecule has 0 aliphatic heterocycles. The molecule has 26 heavy (non-hydrogen) atoms. The lowest BCUT2D eigenvalue weighted by atomic mass is 10.2. The van der Waals surface area contributed by atoms with Crippen LogP contribution in [-0.4, -0.2) is 34.1 Å². The van der Waals surface area contributed by atoms with Crippen LogP contribution in [0.15, 0.2) is 40.9 Å². The van der Waals surface area contributed by atoms with Crippen LogP contribution in [0.25, 0.3) is 0 Å². The predicted molar refractivity (Wildman–Crippen MR) is 98.5 cm³/mol. The zero-order valence-electron chi connectivity index (χ0n) is 14.7. The van der Waals surface area contributed by atoms with E-state index in [-0.39, 0.29) is 10.5 Å². The molecule has 0 aliphatic carbocycles. The van der Waals surface area contributed by atoms with Gasteiger partial charge in [-0.3, -0.25) is 4.79 Å². The average molecular weight is 380 g/mol. The molecule has 0 aliphatic rings. The van der Waals surface area contributed by atoms with Gasteiger partial charge in [-0.1, -0.05) is 13.3 Å². The molecule has 4 N–H and O–H groups in total. The molecule has 0 saturated carbocycles. The number of hydrogen-bond donors (Lipinski definition) is 3. The van der Waals surface area contributed by atoms with Gasteiger partial charge in [0.1, 0.15) is 11.6 Å². The molecule has 0 saturated heterocycles. The van der Waals surface area contributed by atoms with Crippen LogP contribution in [0.3, 0.4) is 0 Å². The lowest BCUT2D eigenvalue weighted by Crippen LogP contribution is -2.26. The Labute approximate surface area is 154 Å². The number of carbonyl (C=O) groups is 1. The molecule has 1 rings (SSSR count). The van der Waals surface area contributed by atoms with Crippen LogP contribution >= 0.6 is 0 Å². The van der Waals surface area contributed by atoms with Crippen molar-refractivity contribution < 1.29 is 17.9 Å². The fourth-order valence-electron chi connectivity index (χ4n) is 1.86. The first kappa shape index (κ1) is 21.6. The number of unbranched alkanes of at least 4 members (excludes halogenated alkanes) is 1. The van der Waals surface area contributed by atoms with Gasteiger partial charge in [-0.05, 0) is 37.1 Å². The predicted octanol–water partition coefficient (Wildman–Crippen LogP) is 1.48. The number of ether oxygens (including phenoxy) is 1. The van der Waals surface area contributed by atoms with Gasteiger partial charge < -0.3 is 15.4 Å². The Hall–Kier alpha value is -2.41. The van der Waals surface area contributed by atoms with Gasteiger partial charge in [0.05, 0.1) is 4.90 Å². The van der Waals surface area contributed by atoms with Crippen molar-refractivity contribution in [2.75, 3.05) is 25.1 Å². The van der Waals surface area contributed by atoms with Crippen molar-refractivity contribution in [2.45, 2.75) is 31.1 Å². The van der Waals surface area contributed by atoms with Gasteiger partial charge in [0.2, 0.25) is 10.0 Å². The highest BCUT2D eigenvalue weighted by Crippen LogP contribution is 2.13. The minimum absolute atomic E-state index is 0.0218. The number of benzene rings is 1. The van der Waals surface area contributed by atoms with E-state index >= 15 is 0 Å². The molecule has 0 aromatic heterocycles. The summed E-state index contributed by atoms with van der Waals surface area (Å²) in [5.74, 6) is -0.491. The second-order valence-electron chi connectivity index (χ2n) is 5.46. The third-order valence-corrected chi connectivity index (χ3v) is 4.25. The van der Waals surface area contributed by atoms with Gasteiger partial charge >= 0.3 is 0 Å². The van der Waals surface area contributed by atoms with E-state index in [0.717, 1.165) is 12.8 Å². The molecule has 0 fully saturated rings. The Morgan fingerprint density at radius 2 is 1.92 bits per heavy atom. The summed E-state index contributed by atoms with van der Waals surface area (Å²) in [6, 6.07) is 7.44. The van der Waals surface area contributed by atoms with Gasteiger partial charge in [0.25, 0.3) is 5.91 Å². The van der Waals surface area contributed by atoms with Crippen molar-refractivity contribution in [3.05, 3.63) is 36.0 Å². The largest absolute Gasteiger partial charge is 0.381 e. The number of nitrogens with zero attached hydrogens (tertiary/aromatic N) is 1. The zero-order valence-corrected chi connectivity index (χ0v) is 15.5. The van der Waals surface area contributed by atoms with E-state index in [4.69, 9.17) is 15.1 Å². The Kier molecular flexibility index (Phi) is 9.36. The zero-order chi connectivity index (χ0) is 19.4. The molecular weight excluding hydrogens is 356 g/mol. The van der Waals surface area contributed by atoms with Crippen LogP contribution in [0, 0.1) is 11.3 Å². The summed E-state index contributed by atoms with van der Waals surface area (Å²) in [7, 11) is -3.76. The number of amides is 1. The number of nitriles is 1. The second kappa shape index (κ2) is 11.3. The lowest BCUT2D eigenvalue weighted by molar-refractivity contribution is -0.117. The number of nitrogens with one attached hydrogen (secondary N) is 2. The Morgan fingerprint density at radius 3 is 2.50 bits per heavy atom. The highest BCUT2D eigenvalue weighted by atomic mass is 32.2. The number of rotatable bonds is 11. The van der Waals surface area contributed by atoms with E-state index in [1.54, 1.807) is 0 Å². The fourth-order valence-corrected chi connectivity index (χ4v) is 2.38. The molecule has 0 heterocycles. The summed E-state index contributed by atoms with van der Waals surface area (Å²) in [5, 5.41) is 19.5. The van der Waals surface area contributed by atoms with E-state index < -0.39 is 15.9 Å². The molecule has 0 atom stereocenters. The SMILES string of the molecule is CCCCOCCCNC(=O)/C(C#N)=C\Nc1ccc(S(N)(=O)=O)cc1. The Bertz CT molecular complexity index is 752. The highest BCUT2D eigenvalue weighted by molar-refractivity contribution is 7.89. The summed E-state index contributed by atoms with van der Waals surface area (Å²) in [6.07, 6.45) is 4.01. The van der Waals surface area contributed by atoms with Crippen molar-refractivity contribution in [1.82, 2.24) is 5.32 Å². The molecule has 1 aromatic carbocycles. The molecule has 8 nitrogen and oxygen atoms in total. The van der Waals surface area contributed by atoms with Gasteiger partial charge in [-0.2, -0.15) is 5.26 Å². The summed E-state index contributed by atoms with van der Waals surface area (Å²) in [4.78, 5) is 11.9. The minimum atomic E-state index is -3.76. The summed E-state index contributed by atoms with van der Waals surface area (Å²) >= 11 is 0. The Balaban J connectivity index is 2.47. The highest BCUT2D eigenvalue weighted by Gasteiger charge is 2.09. The van der Waals surface area contributed by atoms with Crippen LogP contribution in [0.5, 0.6) is 0 Å². The van der Waals surface area contributed by atoms with Crippen LogP contribution < -0.4 is 15.8 Å². The molecule has 0 radical (unpaired) electrons. The summed E-state index contributed by atoms with van der Waals surface area (Å²) in [5.41, 5.74) is 0.426. The topological polar surface area (TPSA) is 134 Å². The number of anilines is 1. The summed E-state index contributed by atoms with van der Waals surface area (Å²) in [6.45, 7) is 3.76. The number of nitrogens with two attached hydrogens (primary N) is 1. The van der Waals surface area contributed by atoms with Crippen molar-refractivity contribution in [3.63, 3.8) is 0 Å². The van der Waals surface area contributed by atoms with Crippen molar-refractivity contribution in [2.24, 2.45) is 5.14 Å². The smallest absolute Gasteiger partial charge is 0.263 e. The van der Waals surface area contributed by atoms with Gasteiger partial charge in [-0.15, -0.1) is 0 Å². The maximum absolute atomic E-state index is 11.9. The van der Waals surface area contributed by atoms with Gasteiger partial charge in [0, 0.05) is 31.6 Å². The number of carbonyl (C=O) groups excluding carboxylic acids is 1. The fraction of sp³-hybridized carbons (Fsp3) is 0.412. The lowest BCUT2D eigenvalue weighted by Gasteiger charge is -2.06. The van der Waals surface area contributed by atoms with Crippen LogP contribution in [0.2, 0.25) is 0 Å². The molecule has 9 heteroatoms.